The minimum Gasteiger partial charge on any atom is -0.467 e. The number of fused-ring (bicyclic) bond motifs is 1. The van der Waals surface area contributed by atoms with Crippen LogP contribution >= 0.6 is 0 Å². The molecule has 2 aliphatic rings. The van der Waals surface area contributed by atoms with Gasteiger partial charge in [-0.3, -0.25) is 9.80 Å². The number of nitrogens with zero attached hydrogens (tertiary/aromatic N) is 2. The van der Waals surface area contributed by atoms with Crippen molar-refractivity contribution < 1.29 is 19.0 Å². The largest absolute Gasteiger partial charge is 0.467 e. The Morgan fingerprint density at radius 2 is 1.90 bits per heavy atom. The Hall–Kier alpha value is -1.21. The maximum absolute atomic E-state index is 13.7. The molecule has 2 aliphatic heterocycles. The molecule has 6 heteroatoms. The molecule has 0 atom stereocenters. The predicted molar refractivity (Wildman–Crippen MR) is 75.5 cm³/mol. The van der Waals surface area contributed by atoms with Gasteiger partial charge in [-0.2, -0.15) is 0 Å². The molecular weight excluding hydrogens is 275 g/mol. The smallest absolute Gasteiger partial charge is 0.189 e. The van der Waals surface area contributed by atoms with Gasteiger partial charge in [0.2, 0.25) is 0 Å². The fourth-order valence-corrected chi connectivity index (χ4v) is 2.93. The van der Waals surface area contributed by atoms with Crippen LogP contribution in [0.2, 0.25) is 0 Å². The number of hydrogen-bond donors (Lipinski definition) is 1. The van der Waals surface area contributed by atoms with Crippen LogP contribution in [-0.2, 0) is 17.9 Å². The van der Waals surface area contributed by atoms with Gasteiger partial charge in [0.1, 0.15) is 11.6 Å². The average Bonchev–Trinajstić information content (AvgIpc) is 2.49. The van der Waals surface area contributed by atoms with Gasteiger partial charge in [-0.25, -0.2) is 4.39 Å². The average molecular weight is 296 g/mol. The van der Waals surface area contributed by atoms with E-state index in [-0.39, 0.29) is 19.2 Å². The van der Waals surface area contributed by atoms with Gasteiger partial charge in [-0.05, 0) is 12.1 Å². The first-order chi connectivity index (χ1) is 10.3. The van der Waals surface area contributed by atoms with E-state index in [1.54, 1.807) is 6.07 Å². The lowest BCUT2D eigenvalue weighted by molar-refractivity contribution is -0.0179. The van der Waals surface area contributed by atoms with E-state index in [1.165, 1.54) is 6.07 Å². The summed E-state index contributed by atoms with van der Waals surface area (Å²) < 4.78 is 24.5. The van der Waals surface area contributed by atoms with Gasteiger partial charge >= 0.3 is 0 Å². The van der Waals surface area contributed by atoms with E-state index in [0.717, 1.165) is 49.6 Å². The van der Waals surface area contributed by atoms with Crippen molar-refractivity contribution in [1.29, 1.82) is 0 Å². The van der Waals surface area contributed by atoms with E-state index in [2.05, 4.69) is 9.80 Å². The Morgan fingerprint density at radius 1 is 1.14 bits per heavy atom. The van der Waals surface area contributed by atoms with Crippen molar-refractivity contribution in [2.75, 3.05) is 46.1 Å². The molecule has 116 valence electrons. The van der Waals surface area contributed by atoms with E-state index >= 15 is 0 Å². The second-order valence-electron chi connectivity index (χ2n) is 5.51. The monoisotopic (exact) mass is 296 g/mol. The molecule has 1 aromatic rings. The number of β-amino-alcohol motifs (C(OH)–C–C–N with tert-alkyl or cyclic N) is 1. The molecule has 1 fully saturated rings. The Balaban J connectivity index is 1.67. The van der Waals surface area contributed by atoms with Crippen LogP contribution in [-0.4, -0.2) is 61.0 Å². The molecule has 21 heavy (non-hydrogen) atoms. The normalized spacial score (nSPS) is 20.1. The molecule has 2 heterocycles. The van der Waals surface area contributed by atoms with Gasteiger partial charge in [0, 0.05) is 50.4 Å². The van der Waals surface area contributed by atoms with Crippen molar-refractivity contribution >= 4 is 0 Å². The van der Waals surface area contributed by atoms with Gasteiger partial charge in [0.05, 0.1) is 13.2 Å². The number of halogens is 1. The van der Waals surface area contributed by atoms with Gasteiger partial charge in [-0.1, -0.05) is 0 Å². The number of aliphatic hydroxyl groups is 1. The first kappa shape index (κ1) is 14.7. The molecule has 5 nitrogen and oxygen atoms in total. The summed E-state index contributed by atoms with van der Waals surface area (Å²) >= 11 is 0. The third-order valence-electron chi connectivity index (χ3n) is 4.03. The fourth-order valence-electron chi connectivity index (χ4n) is 2.93. The highest BCUT2D eigenvalue weighted by atomic mass is 19.1. The molecular formula is C15H21FN2O3. The van der Waals surface area contributed by atoms with E-state index in [0.29, 0.717) is 13.2 Å². The third kappa shape index (κ3) is 3.52. The number of piperazine rings is 1. The van der Waals surface area contributed by atoms with Gasteiger partial charge in [0.15, 0.2) is 6.79 Å². The van der Waals surface area contributed by atoms with Crippen molar-refractivity contribution in [2.24, 2.45) is 0 Å². The Kier molecular flexibility index (Phi) is 4.70. The predicted octanol–water partition coefficient (Wildman–Crippen LogP) is 0.802. The van der Waals surface area contributed by atoms with E-state index < -0.39 is 0 Å². The maximum Gasteiger partial charge on any atom is 0.189 e. The lowest BCUT2D eigenvalue weighted by atomic mass is 10.1. The summed E-state index contributed by atoms with van der Waals surface area (Å²) in [5.41, 5.74) is 1.68. The van der Waals surface area contributed by atoms with Crippen molar-refractivity contribution in [2.45, 2.75) is 13.2 Å². The second-order valence-corrected chi connectivity index (χ2v) is 5.51. The highest BCUT2D eigenvalue weighted by Crippen LogP contribution is 2.30. The molecule has 0 saturated carbocycles. The van der Waals surface area contributed by atoms with Gasteiger partial charge in [0.25, 0.3) is 0 Å². The molecule has 3 rings (SSSR count). The molecule has 0 radical (unpaired) electrons. The highest BCUT2D eigenvalue weighted by Gasteiger charge is 2.21. The van der Waals surface area contributed by atoms with Crippen LogP contribution in [0.1, 0.15) is 11.1 Å². The standard InChI is InChI=1S/C15H21FN2O3/c16-14-7-12(15-13(8-14)10-20-11-21-15)9-18-3-1-17(2-4-18)5-6-19/h7-8,19H,1-6,9-11H2. The van der Waals surface area contributed by atoms with E-state index in [4.69, 9.17) is 14.6 Å². The van der Waals surface area contributed by atoms with Crippen LogP contribution in [0.4, 0.5) is 4.39 Å². The minimum absolute atomic E-state index is 0.200. The Labute approximate surface area is 123 Å². The summed E-state index contributed by atoms with van der Waals surface area (Å²) in [6, 6.07) is 3.04. The number of aliphatic hydroxyl groups excluding tert-OH is 1. The first-order valence-corrected chi connectivity index (χ1v) is 7.33. The lowest BCUT2D eigenvalue weighted by Gasteiger charge is -2.34. The first-order valence-electron chi connectivity index (χ1n) is 7.33. The molecule has 1 N–H and O–H groups in total. The van der Waals surface area contributed by atoms with Crippen molar-refractivity contribution in [3.05, 3.63) is 29.1 Å². The number of ether oxygens (including phenoxy) is 2. The maximum atomic E-state index is 13.7. The summed E-state index contributed by atoms with van der Waals surface area (Å²) in [6.45, 7) is 5.95. The number of rotatable bonds is 4. The van der Waals surface area contributed by atoms with Crippen LogP contribution in [0.25, 0.3) is 0 Å². The highest BCUT2D eigenvalue weighted by molar-refractivity contribution is 5.42. The molecule has 1 aromatic carbocycles. The SMILES string of the molecule is OCCN1CCN(Cc2cc(F)cc3c2OCOC3)CC1. The molecule has 0 unspecified atom stereocenters. The van der Waals surface area contributed by atoms with Crippen LogP contribution in [0, 0.1) is 5.82 Å². The van der Waals surface area contributed by atoms with Gasteiger partial charge < -0.3 is 14.6 Å². The van der Waals surface area contributed by atoms with Crippen molar-refractivity contribution in [1.82, 2.24) is 9.80 Å². The Bertz CT molecular complexity index is 490. The van der Waals surface area contributed by atoms with Crippen LogP contribution in [0.5, 0.6) is 5.75 Å². The van der Waals surface area contributed by atoms with Crippen molar-refractivity contribution in [3.8, 4) is 5.75 Å². The van der Waals surface area contributed by atoms with Gasteiger partial charge in [-0.15, -0.1) is 0 Å². The zero-order chi connectivity index (χ0) is 14.7. The second kappa shape index (κ2) is 6.70. The molecule has 0 amide bonds. The number of benzene rings is 1. The topological polar surface area (TPSA) is 45.2 Å². The quantitative estimate of drug-likeness (QED) is 0.890. The zero-order valence-electron chi connectivity index (χ0n) is 12.1. The third-order valence-corrected chi connectivity index (χ3v) is 4.03. The summed E-state index contributed by atoms with van der Waals surface area (Å²) in [5.74, 6) is 0.539. The van der Waals surface area contributed by atoms with E-state index in [9.17, 15) is 4.39 Å². The lowest BCUT2D eigenvalue weighted by Crippen LogP contribution is -2.46. The molecule has 0 bridgehead atoms. The van der Waals surface area contributed by atoms with Crippen LogP contribution in [0.15, 0.2) is 12.1 Å². The molecule has 1 saturated heterocycles. The summed E-state index contributed by atoms with van der Waals surface area (Å²) in [7, 11) is 0. The number of hydrogen-bond acceptors (Lipinski definition) is 5. The minimum atomic E-state index is -0.239. The summed E-state index contributed by atoms with van der Waals surface area (Å²) in [5, 5.41) is 8.96. The molecule has 0 aliphatic carbocycles. The zero-order valence-corrected chi connectivity index (χ0v) is 12.1. The van der Waals surface area contributed by atoms with Crippen LogP contribution < -0.4 is 4.74 Å². The van der Waals surface area contributed by atoms with E-state index in [1.807, 2.05) is 0 Å². The molecule has 0 spiro atoms. The molecule has 0 aromatic heterocycles. The summed E-state index contributed by atoms with van der Waals surface area (Å²) in [4.78, 5) is 4.53. The summed E-state index contributed by atoms with van der Waals surface area (Å²) in [6.07, 6.45) is 0. The Morgan fingerprint density at radius 3 is 2.67 bits per heavy atom. The fraction of sp³-hybridized carbons (Fsp3) is 0.600. The van der Waals surface area contributed by atoms with Crippen LogP contribution in [0.3, 0.4) is 0 Å². The van der Waals surface area contributed by atoms with Crippen molar-refractivity contribution in [3.63, 3.8) is 0 Å².